The van der Waals surface area contributed by atoms with Gasteiger partial charge in [0.15, 0.2) is 5.83 Å². The van der Waals surface area contributed by atoms with Crippen molar-refractivity contribution in [3.05, 3.63) is 46.8 Å². The molecule has 21 heavy (non-hydrogen) atoms. The van der Waals surface area contributed by atoms with E-state index in [1.165, 1.54) is 11.9 Å². The van der Waals surface area contributed by atoms with Crippen molar-refractivity contribution in [2.24, 2.45) is 0 Å². The number of rotatable bonds is 2. The number of benzene rings is 1. The number of carbonyl (C=O) groups excluding carboxylic acids is 2. The maximum Gasteiger partial charge on any atom is 0.283 e. The standard InChI is InChI=1S/C16H19FN2O2/c1-10(2)14(17)16(21)19-9-12-7-5-4-6-11(12)8-13(19)15(20)18-3/h4-7,13H,8-9H2,1-3H3,(H,18,20). The van der Waals surface area contributed by atoms with Crippen LogP contribution in [0.2, 0.25) is 0 Å². The molecule has 2 rings (SSSR count). The van der Waals surface area contributed by atoms with Crippen molar-refractivity contribution in [3.8, 4) is 0 Å². The van der Waals surface area contributed by atoms with Gasteiger partial charge in [-0.25, -0.2) is 4.39 Å². The molecule has 0 aromatic heterocycles. The number of allylic oxidation sites excluding steroid dienone is 1. The van der Waals surface area contributed by atoms with E-state index in [0.717, 1.165) is 11.1 Å². The molecule has 1 unspecified atom stereocenters. The molecule has 2 amide bonds. The number of nitrogens with one attached hydrogen (secondary N) is 1. The van der Waals surface area contributed by atoms with Crippen molar-refractivity contribution in [2.45, 2.75) is 32.9 Å². The first-order valence-corrected chi connectivity index (χ1v) is 6.88. The second kappa shape index (κ2) is 6.08. The summed E-state index contributed by atoms with van der Waals surface area (Å²) in [6.07, 6.45) is 0.400. The average molecular weight is 290 g/mol. The SMILES string of the molecule is CNC(=O)C1Cc2ccccc2CN1C(=O)C(F)=C(C)C. The molecule has 1 aliphatic rings. The Kier molecular flexibility index (Phi) is 4.40. The van der Waals surface area contributed by atoms with Gasteiger partial charge in [-0.3, -0.25) is 9.59 Å². The lowest BCUT2D eigenvalue weighted by atomic mass is 9.93. The number of fused-ring (bicyclic) bond motifs is 1. The second-order valence-electron chi connectivity index (χ2n) is 5.35. The van der Waals surface area contributed by atoms with Gasteiger partial charge in [0.1, 0.15) is 6.04 Å². The van der Waals surface area contributed by atoms with Crippen LogP contribution in [0, 0.1) is 0 Å². The molecule has 1 aliphatic heterocycles. The highest BCUT2D eigenvalue weighted by molar-refractivity contribution is 5.96. The summed E-state index contributed by atoms with van der Waals surface area (Å²) in [5.41, 5.74) is 2.29. The molecular weight excluding hydrogens is 271 g/mol. The van der Waals surface area contributed by atoms with Crippen LogP contribution in [0.25, 0.3) is 0 Å². The van der Waals surface area contributed by atoms with E-state index in [2.05, 4.69) is 5.32 Å². The highest BCUT2D eigenvalue weighted by atomic mass is 19.1. The van der Waals surface area contributed by atoms with Gasteiger partial charge in [-0.1, -0.05) is 24.3 Å². The number of halogens is 1. The first-order valence-electron chi connectivity index (χ1n) is 6.88. The Labute approximate surface area is 123 Å². The molecule has 5 heteroatoms. The van der Waals surface area contributed by atoms with Crippen molar-refractivity contribution in [1.82, 2.24) is 10.2 Å². The Morgan fingerprint density at radius 1 is 1.24 bits per heavy atom. The minimum absolute atomic E-state index is 0.244. The van der Waals surface area contributed by atoms with Gasteiger partial charge < -0.3 is 10.2 Å². The molecule has 0 radical (unpaired) electrons. The number of carbonyl (C=O) groups is 2. The average Bonchev–Trinajstić information content (AvgIpc) is 2.51. The fraction of sp³-hybridized carbons (Fsp3) is 0.375. The van der Waals surface area contributed by atoms with Crippen molar-refractivity contribution >= 4 is 11.8 Å². The summed E-state index contributed by atoms with van der Waals surface area (Å²) < 4.78 is 14.0. The van der Waals surface area contributed by atoms with Gasteiger partial charge in [0, 0.05) is 20.0 Å². The zero-order valence-electron chi connectivity index (χ0n) is 12.4. The zero-order valence-corrected chi connectivity index (χ0v) is 12.4. The number of nitrogens with zero attached hydrogens (tertiary/aromatic N) is 1. The van der Waals surface area contributed by atoms with E-state index in [1.807, 2.05) is 24.3 Å². The first-order chi connectivity index (χ1) is 9.95. The third-order valence-electron chi connectivity index (χ3n) is 3.69. The van der Waals surface area contributed by atoms with Crippen molar-refractivity contribution in [1.29, 1.82) is 0 Å². The van der Waals surface area contributed by atoms with E-state index in [0.29, 0.717) is 12.0 Å². The van der Waals surface area contributed by atoms with Gasteiger partial charge in [0.25, 0.3) is 5.91 Å². The number of hydrogen-bond acceptors (Lipinski definition) is 2. The van der Waals surface area contributed by atoms with Gasteiger partial charge >= 0.3 is 0 Å². The molecule has 0 saturated heterocycles. The van der Waals surface area contributed by atoms with Gasteiger partial charge in [-0.2, -0.15) is 0 Å². The molecule has 4 nitrogen and oxygen atoms in total. The summed E-state index contributed by atoms with van der Waals surface area (Å²) in [5, 5.41) is 2.55. The number of hydrogen-bond donors (Lipinski definition) is 1. The lowest BCUT2D eigenvalue weighted by Crippen LogP contribution is -2.52. The van der Waals surface area contributed by atoms with Crippen molar-refractivity contribution < 1.29 is 14.0 Å². The molecule has 1 atom stereocenters. The van der Waals surface area contributed by atoms with E-state index >= 15 is 0 Å². The molecular formula is C16H19FN2O2. The second-order valence-corrected chi connectivity index (χ2v) is 5.35. The lowest BCUT2D eigenvalue weighted by molar-refractivity contribution is -0.139. The monoisotopic (exact) mass is 290 g/mol. The number of likely N-dealkylation sites (N-methyl/N-ethyl adjacent to an activating group) is 1. The van der Waals surface area contributed by atoms with Crippen molar-refractivity contribution in [3.63, 3.8) is 0 Å². The van der Waals surface area contributed by atoms with Crippen LogP contribution in [0.5, 0.6) is 0 Å². The van der Waals surface area contributed by atoms with Crippen LogP contribution in [0.3, 0.4) is 0 Å². The lowest BCUT2D eigenvalue weighted by Gasteiger charge is -2.35. The quantitative estimate of drug-likeness (QED) is 0.846. The molecule has 1 aromatic carbocycles. The van der Waals surface area contributed by atoms with Crippen LogP contribution in [-0.4, -0.2) is 29.8 Å². The largest absolute Gasteiger partial charge is 0.357 e. The Balaban J connectivity index is 2.40. The van der Waals surface area contributed by atoms with E-state index in [9.17, 15) is 14.0 Å². The molecule has 0 aliphatic carbocycles. The molecule has 0 bridgehead atoms. The minimum atomic E-state index is -0.789. The van der Waals surface area contributed by atoms with Crippen LogP contribution >= 0.6 is 0 Å². The highest BCUT2D eigenvalue weighted by Crippen LogP contribution is 2.25. The maximum absolute atomic E-state index is 14.0. The van der Waals surface area contributed by atoms with Gasteiger partial charge in [-0.15, -0.1) is 0 Å². The molecule has 1 aromatic rings. The predicted octanol–water partition coefficient (Wildman–Crippen LogP) is 1.95. The molecule has 112 valence electrons. The Morgan fingerprint density at radius 3 is 2.43 bits per heavy atom. The summed E-state index contributed by atoms with van der Waals surface area (Å²) in [6, 6.07) is 6.93. The van der Waals surface area contributed by atoms with Crippen LogP contribution in [0.15, 0.2) is 35.7 Å². The summed E-state index contributed by atoms with van der Waals surface area (Å²) in [5.74, 6) is -1.79. The fourth-order valence-electron chi connectivity index (χ4n) is 2.48. The highest BCUT2D eigenvalue weighted by Gasteiger charge is 2.35. The zero-order chi connectivity index (χ0) is 15.6. The first kappa shape index (κ1) is 15.2. The predicted molar refractivity (Wildman–Crippen MR) is 78.0 cm³/mol. The maximum atomic E-state index is 14.0. The normalized spacial score (nSPS) is 17.0. The Bertz CT molecular complexity index is 606. The topological polar surface area (TPSA) is 49.4 Å². The summed E-state index contributed by atoms with van der Waals surface area (Å²) in [4.78, 5) is 25.6. The van der Waals surface area contributed by atoms with Gasteiger partial charge in [0.2, 0.25) is 5.91 Å². The molecule has 1 heterocycles. The molecule has 0 fully saturated rings. The molecule has 0 saturated carbocycles. The molecule has 1 N–H and O–H groups in total. The van der Waals surface area contributed by atoms with Gasteiger partial charge in [0.05, 0.1) is 0 Å². The smallest absolute Gasteiger partial charge is 0.283 e. The van der Waals surface area contributed by atoms with Crippen LogP contribution in [0.4, 0.5) is 4.39 Å². The summed E-state index contributed by atoms with van der Waals surface area (Å²) >= 11 is 0. The summed E-state index contributed by atoms with van der Waals surface area (Å²) in [6.45, 7) is 3.33. The number of amides is 2. The Hall–Kier alpha value is -2.17. The van der Waals surface area contributed by atoms with E-state index in [-0.39, 0.29) is 12.5 Å². The van der Waals surface area contributed by atoms with E-state index in [4.69, 9.17) is 0 Å². The van der Waals surface area contributed by atoms with E-state index in [1.54, 1.807) is 13.8 Å². The van der Waals surface area contributed by atoms with Crippen LogP contribution in [0.1, 0.15) is 25.0 Å². The van der Waals surface area contributed by atoms with Gasteiger partial charge in [-0.05, 0) is 30.5 Å². The third-order valence-corrected chi connectivity index (χ3v) is 3.69. The fourth-order valence-corrected chi connectivity index (χ4v) is 2.48. The third kappa shape index (κ3) is 2.96. The Morgan fingerprint density at radius 2 is 1.86 bits per heavy atom. The van der Waals surface area contributed by atoms with Crippen LogP contribution in [-0.2, 0) is 22.6 Å². The van der Waals surface area contributed by atoms with Crippen LogP contribution < -0.4 is 5.32 Å². The van der Waals surface area contributed by atoms with E-state index < -0.39 is 17.8 Å². The minimum Gasteiger partial charge on any atom is -0.357 e. The molecule has 0 spiro atoms. The summed E-state index contributed by atoms with van der Waals surface area (Å²) in [7, 11) is 1.52. The van der Waals surface area contributed by atoms with Crippen molar-refractivity contribution in [2.75, 3.05) is 7.05 Å².